The molecule has 3 rings (SSSR count). The first-order chi connectivity index (χ1) is 11.6. The number of fused-ring (bicyclic) bond motifs is 1. The summed E-state index contributed by atoms with van der Waals surface area (Å²) in [5.74, 6) is -1.14. The van der Waals surface area contributed by atoms with Crippen molar-refractivity contribution in [3.8, 4) is 5.75 Å². The normalized spacial score (nSPS) is 10.4. The average molecular weight is 324 g/mol. The largest absolute Gasteiger partial charge is 0.465 e. The van der Waals surface area contributed by atoms with Crippen molar-refractivity contribution in [1.29, 1.82) is 0 Å². The predicted octanol–water partition coefficient (Wildman–Crippen LogP) is 2.80. The van der Waals surface area contributed by atoms with E-state index in [1.165, 1.54) is 37.4 Å². The highest BCUT2D eigenvalue weighted by atomic mass is 16.5. The molecule has 1 heterocycles. The minimum atomic E-state index is -0.833. The summed E-state index contributed by atoms with van der Waals surface area (Å²) >= 11 is 0. The van der Waals surface area contributed by atoms with Crippen LogP contribution in [0.4, 0.5) is 0 Å². The Balaban J connectivity index is 1.86. The van der Waals surface area contributed by atoms with Crippen molar-refractivity contribution in [1.82, 2.24) is 0 Å². The van der Waals surface area contributed by atoms with E-state index in [1.807, 2.05) is 0 Å². The first-order valence-electron chi connectivity index (χ1n) is 7.02. The van der Waals surface area contributed by atoms with Crippen LogP contribution in [-0.2, 0) is 4.74 Å². The van der Waals surface area contributed by atoms with Crippen molar-refractivity contribution in [2.75, 3.05) is 7.11 Å². The van der Waals surface area contributed by atoms with Gasteiger partial charge in [0, 0.05) is 5.39 Å². The number of rotatable bonds is 3. The molecule has 0 radical (unpaired) electrons. The van der Waals surface area contributed by atoms with Crippen LogP contribution in [0.3, 0.4) is 0 Å². The van der Waals surface area contributed by atoms with E-state index in [1.54, 1.807) is 24.3 Å². The van der Waals surface area contributed by atoms with Crippen LogP contribution in [0.25, 0.3) is 11.0 Å². The quantitative estimate of drug-likeness (QED) is 0.418. The third-order valence-corrected chi connectivity index (χ3v) is 3.35. The fourth-order valence-electron chi connectivity index (χ4n) is 2.14. The van der Waals surface area contributed by atoms with Gasteiger partial charge in [0.15, 0.2) is 0 Å². The Kier molecular flexibility index (Phi) is 4.11. The third-order valence-electron chi connectivity index (χ3n) is 3.35. The van der Waals surface area contributed by atoms with E-state index in [-0.39, 0.29) is 11.3 Å². The molecule has 0 fully saturated rings. The van der Waals surface area contributed by atoms with E-state index in [0.29, 0.717) is 16.5 Å². The third kappa shape index (κ3) is 3.03. The molecule has 6 heteroatoms. The minimum Gasteiger partial charge on any atom is -0.465 e. The van der Waals surface area contributed by atoms with Crippen LogP contribution in [0.5, 0.6) is 5.75 Å². The lowest BCUT2D eigenvalue weighted by atomic mass is 10.2. The maximum Gasteiger partial charge on any atom is 0.351 e. The van der Waals surface area contributed by atoms with Crippen molar-refractivity contribution < 1.29 is 23.5 Å². The van der Waals surface area contributed by atoms with Gasteiger partial charge in [0.1, 0.15) is 16.9 Å². The molecule has 0 aliphatic heterocycles. The van der Waals surface area contributed by atoms with E-state index in [2.05, 4.69) is 4.74 Å². The van der Waals surface area contributed by atoms with Crippen molar-refractivity contribution in [2.24, 2.45) is 0 Å². The van der Waals surface area contributed by atoms with Crippen LogP contribution in [0, 0.1) is 0 Å². The fraction of sp³-hybridized carbons (Fsp3) is 0.0556. The maximum atomic E-state index is 12.2. The Hall–Kier alpha value is -3.41. The van der Waals surface area contributed by atoms with E-state index < -0.39 is 17.6 Å². The SMILES string of the molecule is COC(=O)c1ccc(OC(=O)c2cc3ccccc3oc2=O)cc1. The molecule has 0 saturated heterocycles. The van der Waals surface area contributed by atoms with Crippen LogP contribution in [0.15, 0.2) is 63.8 Å². The Morgan fingerprint density at radius 1 is 0.958 bits per heavy atom. The molecule has 0 amide bonds. The second-order valence-electron chi connectivity index (χ2n) is 4.89. The lowest BCUT2D eigenvalue weighted by molar-refractivity contribution is 0.0600. The molecule has 0 spiro atoms. The zero-order valence-corrected chi connectivity index (χ0v) is 12.6. The summed E-state index contributed by atoms with van der Waals surface area (Å²) in [5, 5.41) is 0.616. The summed E-state index contributed by atoms with van der Waals surface area (Å²) in [6.07, 6.45) is 0. The highest BCUT2D eigenvalue weighted by Crippen LogP contribution is 2.16. The van der Waals surface area contributed by atoms with Crippen molar-refractivity contribution >= 4 is 22.9 Å². The van der Waals surface area contributed by atoms with Crippen LogP contribution < -0.4 is 10.4 Å². The second kappa shape index (κ2) is 6.37. The van der Waals surface area contributed by atoms with Gasteiger partial charge >= 0.3 is 17.6 Å². The number of esters is 2. The van der Waals surface area contributed by atoms with E-state index in [4.69, 9.17) is 9.15 Å². The summed E-state index contributed by atoms with van der Waals surface area (Å²) in [5.41, 5.74) is -0.264. The van der Waals surface area contributed by atoms with Gasteiger partial charge in [-0.15, -0.1) is 0 Å². The molecule has 3 aromatic rings. The summed E-state index contributed by atoms with van der Waals surface area (Å²) in [7, 11) is 1.27. The Morgan fingerprint density at radius 3 is 2.38 bits per heavy atom. The average Bonchev–Trinajstić information content (AvgIpc) is 2.61. The number of benzene rings is 2. The highest BCUT2D eigenvalue weighted by Gasteiger charge is 2.16. The van der Waals surface area contributed by atoms with E-state index >= 15 is 0 Å². The molecule has 2 aromatic carbocycles. The molecule has 120 valence electrons. The minimum absolute atomic E-state index is 0.195. The van der Waals surface area contributed by atoms with Crippen molar-refractivity contribution in [3.63, 3.8) is 0 Å². The molecule has 0 atom stereocenters. The molecule has 0 N–H and O–H groups in total. The van der Waals surface area contributed by atoms with Gasteiger partial charge in [-0.05, 0) is 36.4 Å². The van der Waals surface area contributed by atoms with Gasteiger partial charge in [-0.25, -0.2) is 14.4 Å². The van der Waals surface area contributed by atoms with Gasteiger partial charge in [0.05, 0.1) is 12.7 Å². The van der Waals surface area contributed by atoms with Gasteiger partial charge in [-0.1, -0.05) is 18.2 Å². The molecule has 24 heavy (non-hydrogen) atoms. The Bertz CT molecular complexity index is 969. The van der Waals surface area contributed by atoms with Gasteiger partial charge < -0.3 is 13.9 Å². The number of ether oxygens (including phenoxy) is 2. The predicted molar refractivity (Wildman–Crippen MR) is 85.2 cm³/mol. The Morgan fingerprint density at radius 2 is 1.67 bits per heavy atom. The van der Waals surface area contributed by atoms with Crippen LogP contribution >= 0.6 is 0 Å². The maximum absolute atomic E-state index is 12.2. The molecule has 0 bridgehead atoms. The van der Waals surface area contributed by atoms with Crippen LogP contribution in [0.1, 0.15) is 20.7 Å². The molecule has 1 aromatic heterocycles. The van der Waals surface area contributed by atoms with Gasteiger partial charge in [0.2, 0.25) is 0 Å². The zero-order chi connectivity index (χ0) is 17.1. The molecular formula is C18H12O6. The van der Waals surface area contributed by atoms with E-state index in [0.717, 1.165) is 0 Å². The summed E-state index contributed by atoms with van der Waals surface area (Å²) in [6.45, 7) is 0. The van der Waals surface area contributed by atoms with Crippen LogP contribution in [-0.4, -0.2) is 19.0 Å². The van der Waals surface area contributed by atoms with Crippen LogP contribution in [0.2, 0.25) is 0 Å². The van der Waals surface area contributed by atoms with Crippen molar-refractivity contribution in [2.45, 2.75) is 0 Å². The number of carbonyl (C=O) groups excluding carboxylic acids is 2. The topological polar surface area (TPSA) is 82.8 Å². The standard InChI is InChI=1S/C18H12O6/c1-22-16(19)11-6-8-13(9-7-11)23-17(20)14-10-12-4-2-3-5-15(12)24-18(14)21/h2-10H,1H3. The first-order valence-corrected chi connectivity index (χ1v) is 7.02. The number of hydrogen-bond acceptors (Lipinski definition) is 6. The van der Waals surface area contributed by atoms with Gasteiger partial charge in [-0.3, -0.25) is 0 Å². The number of methoxy groups -OCH3 is 1. The number of carbonyl (C=O) groups is 2. The molecule has 0 aliphatic carbocycles. The van der Waals surface area contributed by atoms with Gasteiger partial charge in [-0.2, -0.15) is 0 Å². The lowest BCUT2D eigenvalue weighted by Crippen LogP contribution is -2.18. The summed E-state index contributed by atoms with van der Waals surface area (Å²) < 4.78 is 14.8. The number of para-hydroxylation sites is 1. The fourth-order valence-corrected chi connectivity index (χ4v) is 2.14. The Labute approximate surface area is 136 Å². The second-order valence-corrected chi connectivity index (χ2v) is 4.89. The molecule has 0 aliphatic rings. The lowest BCUT2D eigenvalue weighted by Gasteiger charge is -2.05. The smallest absolute Gasteiger partial charge is 0.351 e. The molecule has 0 unspecified atom stereocenters. The van der Waals surface area contributed by atoms with E-state index in [9.17, 15) is 14.4 Å². The number of hydrogen-bond donors (Lipinski definition) is 0. The molecular weight excluding hydrogens is 312 g/mol. The summed E-state index contributed by atoms with van der Waals surface area (Å²) in [6, 6.07) is 14.1. The van der Waals surface area contributed by atoms with Gasteiger partial charge in [0.25, 0.3) is 0 Å². The monoisotopic (exact) mass is 324 g/mol. The molecule has 0 saturated carbocycles. The first kappa shape index (κ1) is 15.5. The highest BCUT2D eigenvalue weighted by molar-refractivity contribution is 5.94. The van der Waals surface area contributed by atoms with Crippen molar-refractivity contribution in [3.05, 3.63) is 76.1 Å². The molecule has 6 nitrogen and oxygen atoms in total. The zero-order valence-electron chi connectivity index (χ0n) is 12.6. The summed E-state index contributed by atoms with van der Waals surface area (Å²) in [4.78, 5) is 35.5.